The van der Waals surface area contributed by atoms with Gasteiger partial charge in [0.1, 0.15) is 39.6 Å². The fourth-order valence-electron chi connectivity index (χ4n) is 11.3. The minimum Gasteiger partial charge on any atom is -0.465 e. The Kier molecular flexibility index (Phi) is 30.5. The molecular weight excluding hydrogens is 997 g/mol. The lowest BCUT2D eigenvalue weighted by atomic mass is 9.81. The van der Waals surface area contributed by atoms with Crippen LogP contribution >= 0.6 is 0 Å². The number of hydrogen-bond acceptors (Lipinski definition) is 15. The van der Waals surface area contributed by atoms with Gasteiger partial charge in [0.15, 0.2) is 0 Å². The lowest BCUT2D eigenvalue weighted by molar-refractivity contribution is -0.163. The van der Waals surface area contributed by atoms with Crippen molar-refractivity contribution in [3.63, 3.8) is 0 Å². The molecule has 16 heteroatoms. The monoisotopic (exact) mass is 1100 g/mol. The van der Waals surface area contributed by atoms with E-state index in [0.717, 1.165) is 128 Å². The molecule has 0 heterocycles. The second-order valence-electron chi connectivity index (χ2n) is 26.0. The molecule has 4 rings (SSSR count). The lowest BCUT2D eigenvalue weighted by Crippen LogP contribution is -2.39. The number of hydrogen-bond donors (Lipinski definition) is 0. The molecular formula is C62H106N2O14. The molecule has 0 aromatic carbocycles. The summed E-state index contributed by atoms with van der Waals surface area (Å²) in [4.78, 5) is 95.9. The molecule has 0 spiro atoms. The van der Waals surface area contributed by atoms with Crippen LogP contribution in [-0.2, 0) is 61.9 Å². The van der Waals surface area contributed by atoms with Gasteiger partial charge in [0.25, 0.3) is 0 Å². The fourth-order valence-corrected chi connectivity index (χ4v) is 11.3. The van der Waals surface area contributed by atoms with Crippen molar-refractivity contribution in [3.8, 4) is 0 Å². The Morgan fingerprint density at radius 3 is 0.846 bits per heavy atom. The van der Waals surface area contributed by atoms with E-state index < -0.39 is 28.9 Å². The SMILES string of the molecule is CC1CCC(CCC(=O)OCC(C)(COC(=O)CCC2CCC(C)CC2)COC(=O)CCN(CCC(=O)OCC(C)(COC(=O)CCC2CCC(C)CC2)COC(=O)CCC2CCC(C)CC2)C(=O)OCCCN(C)C)CC1. The summed E-state index contributed by atoms with van der Waals surface area (Å²) in [6, 6.07) is 0. The van der Waals surface area contributed by atoms with Gasteiger partial charge in [-0.25, -0.2) is 4.79 Å². The van der Waals surface area contributed by atoms with Gasteiger partial charge in [-0.05, 0) is 107 Å². The summed E-state index contributed by atoms with van der Waals surface area (Å²) in [7, 11) is 3.83. The zero-order valence-corrected chi connectivity index (χ0v) is 49.9. The molecule has 4 saturated carbocycles. The normalized spacial score (nSPS) is 25.1. The van der Waals surface area contributed by atoms with Crippen LogP contribution in [0, 0.1) is 58.2 Å². The van der Waals surface area contributed by atoms with Crippen molar-refractivity contribution in [2.45, 2.75) is 215 Å². The molecule has 0 aromatic rings. The van der Waals surface area contributed by atoms with Crippen LogP contribution in [-0.4, -0.2) is 132 Å². The average Bonchev–Trinajstić information content (AvgIpc) is 3.42. The fraction of sp³-hybridized carbons (Fsp3) is 0.887. The Morgan fingerprint density at radius 2 is 0.603 bits per heavy atom. The summed E-state index contributed by atoms with van der Waals surface area (Å²) in [6.45, 7) is 12.2. The first-order chi connectivity index (χ1) is 37.2. The van der Waals surface area contributed by atoms with Crippen LogP contribution in [0.2, 0.25) is 0 Å². The van der Waals surface area contributed by atoms with Gasteiger partial charge in [-0.1, -0.05) is 130 Å². The van der Waals surface area contributed by atoms with Crippen LogP contribution in [0.5, 0.6) is 0 Å². The molecule has 0 bridgehead atoms. The summed E-state index contributed by atoms with van der Waals surface area (Å²) in [5.74, 6) is 2.14. The Labute approximate surface area is 469 Å². The molecule has 4 fully saturated rings. The highest BCUT2D eigenvalue weighted by Gasteiger charge is 2.34. The topological polar surface area (TPSA) is 191 Å². The largest absolute Gasteiger partial charge is 0.465 e. The smallest absolute Gasteiger partial charge is 0.409 e. The Balaban J connectivity index is 1.33. The predicted octanol–water partition coefficient (Wildman–Crippen LogP) is 11.9. The summed E-state index contributed by atoms with van der Waals surface area (Å²) in [5.41, 5.74) is -2.08. The zero-order valence-electron chi connectivity index (χ0n) is 49.9. The molecule has 0 saturated heterocycles. The number of carbonyl (C=O) groups excluding carboxylic acids is 7. The molecule has 0 N–H and O–H groups in total. The number of carbonyl (C=O) groups is 7. The highest BCUT2D eigenvalue weighted by molar-refractivity contribution is 5.74. The second kappa shape index (κ2) is 35.7. The quantitative estimate of drug-likeness (QED) is 0.0336. The standard InChI is InChI=1S/C62H106N2O14/c1-46-10-18-50(19-11-46)26-30-54(65)73-40-61(5,41-74-55(66)31-27-51-20-12-47(2)13-21-51)44-77-58(69)34-37-64(60(71)72-39-9-36-63(7)8)38-35-59(70)78-45-62(6,42-75-56(67)32-28-52-22-14-48(3)15-23-52)43-76-57(68)33-29-53-24-16-49(4)17-25-53/h46-53H,9-45H2,1-8H3. The summed E-state index contributed by atoms with van der Waals surface area (Å²) in [5, 5.41) is 0. The Bertz CT molecular complexity index is 1590. The molecule has 1 amide bonds. The number of amides is 1. The summed E-state index contributed by atoms with van der Waals surface area (Å²) >= 11 is 0. The molecule has 0 aromatic heterocycles. The van der Waals surface area contributed by atoms with Crippen molar-refractivity contribution < 1.29 is 66.7 Å². The van der Waals surface area contributed by atoms with E-state index in [0.29, 0.717) is 60.3 Å². The molecule has 0 aliphatic heterocycles. The number of rotatable bonds is 34. The van der Waals surface area contributed by atoms with Crippen molar-refractivity contribution in [2.24, 2.45) is 58.2 Å². The lowest BCUT2D eigenvalue weighted by Gasteiger charge is -2.29. The highest BCUT2D eigenvalue weighted by Crippen LogP contribution is 2.35. The molecule has 0 unspecified atom stereocenters. The molecule has 4 aliphatic carbocycles. The number of nitrogens with zero attached hydrogens (tertiary/aromatic N) is 2. The van der Waals surface area contributed by atoms with Crippen LogP contribution in [0.15, 0.2) is 0 Å². The Hall–Kier alpha value is -3.95. The first kappa shape index (κ1) is 66.6. The highest BCUT2D eigenvalue weighted by atomic mass is 16.6. The van der Waals surface area contributed by atoms with Crippen LogP contribution in [0.25, 0.3) is 0 Å². The van der Waals surface area contributed by atoms with Crippen molar-refractivity contribution in [1.82, 2.24) is 9.80 Å². The maximum absolute atomic E-state index is 13.5. The maximum Gasteiger partial charge on any atom is 0.409 e. The summed E-state index contributed by atoms with van der Waals surface area (Å²) in [6.07, 6.45) is 21.7. The minimum absolute atomic E-state index is 0.118. The van der Waals surface area contributed by atoms with E-state index in [9.17, 15) is 33.6 Å². The first-order valence-electron chi connectivity index (χ1n) is 30.7. The molecule has 78 heavy (non-hydrogen) atoms. The van der Waals surface area contributed by atoms with Crippen LogP contribution in [0.3, 0.4) is 0 Å². The van der Waals surface area contributed by atoms with E-state index in [1.54, 1.807) is 13.8 Å². The van der Waals surface area contributed by atoms with Crippen molar-refractivity contribution in [1.29, 1.82) is 0 Å². The molecule has 4 aliphatic rings. The second-order valence-corrected chi connectivity index (χ2v) is 26.0. The van der Waals surface area contributed by atoms with Gasteiger partial charge < -0.3 is 43.0 Å². The van der Waals surface area contributed by atoms with Crippen molar-refractivity contribution >= 4 is 41.9 Å². The van der Waals surface area contributed by atoms with Crippen LogP contribution in [0.4, 0.5) is 4.79 Å². The van der Waals surface area contributed by atoms with E-state index in [2.05, 4.69) is 27.7 Å². The molecule has 16 nitrogen and oxygen atoms in total. The van der Waals surface area contributed by atoms with Gasteiger partial charge in [0, 0.05) is 45.3 Å². The predicted molar refractivity (Wildman–Crippen MR) is 299 cm³/mol. The van der Waals surface area contributed by atoms with Gasteiger partial charge in [-0.15, -0.1) is 0 Å². The van der Waals surface area contributed by atoms with Gasteiger partial charge in [-0.2, -0.15) is 0 Å². The minimum atomic E-state index is -1.04. The maximum atomic E-state index is 13.5. The van der Waals surface area contributed by atoms with Gasteiger partial charge in [0.05, 0.1) is 30.3 Å². The van der Waals surface area contributed by atoms with Crippen LogP contribution < -0.4 is 0 Å². The summed E-state index contributed by atoms with van der Waals surface area (Å²) < 4.78 is 40.2. The third-order valence-corrected chi connectivity index (χ3v) is 17.5. The molecule has 0 atom stereocenters. The number of ether oxygens (including phenoxy) is 7. The zero-order chi connectivity index (χ0) is 56.9. The molecule has 448 valence electrons. The van der Waals surface area contributed by atoms with E-state index in [4.69, 9.17) is 33.2 Å². The third-order valence-electron chi connectivity index (χ3n) is 17.5. The van der Waals surface area contributed by atoms with Crippen molar-refractivity contribution in [3.05, 3.63) is 0 Å². The van der Waals surface area contributed by atoms with Gasteiger partial charge >= 0.3 is 41.9 Å². The van der Waals surface area contributed by atoms with Crippen molar-refractivity contribution in [2.75, 3.05) is 80.0 Å². The van der Waals surface area contributed by atoms with E-state index >= 15 is 0 Å². The first-order valence-corrected chi connectivity index (χ1v) is 30.7. The average molecular weight is 1100 g/mol. The van der Waals surface area contributed by atoms with Crippen LogP contribution in [0.1, 0.15) is 215 Å². The third kappa shape index (κ3) is 28.5. The van der Waals surface area contributed by atoms with Gasteiger partial charge in [-0.3, -0.25) is 28.8 Å². The Morgan fingerprint density at radius 1 is 0.359 bits per heavy atom. The van der Waals surface area contributed by atoms with Gasteiger partial charge in [0.2, 0.25) is 0 Å². The number of esters is 6. The molecule has 0 radical (unpaired) electrons. The van der Waals surface area contributed by atoms with E-state index in [1.165, 1.54) is 4.90 Å². The van der Waals surface area contributed by atoms with E-state index in [1.807, 2.05) is 19.0 Å². The van der Waals surface area contributed by atoms with E-state index in [-0.39, 0.29) is 122 Å².